The van der Waals surface area contributed by atoms with Crippen molar-refractivity contribution in [1.82, 2.24) is 0 Å². The van der Waals surface area contributed by atoms with Crippen LogP contribution in [0.2, 0.25) is 5.02 Å². The van der Waals surface area contributed by atoms with Gasteiger partial charge in [0.15, 0.2) is 0 Å². The van der Waals surface area contributed by atoms with Crippen molar-refractivity contribution in [1.29, 1.82) is 0 Å². The summed E-state index contributed by atoms with van der Waals surface area (Å²) in [6.07, 6.45) is 0. The summed E-state index contributed by atoms with van der Waals surface area (Å²) in [5, 5.41) is 10.2. The van der Waals surface area contributed by atoms with E-state index in [1.807, 2.05) is 27.7 Å². The number of hydrogen-bond donors (Lipinski definition) is 1. The molecule has 2 rings (SSSR count). The highest BCUT2D eigenvalue weighted by atomic mass is 35.5. The van der Waals surface area contributed by atoms with Crippen molar-refractivity contribution in [2.24, 2.45) is 0 Å². The number of halogens is 1. The molecule has 92 valence electrons. The van der Waals surface area contributed by atoms with Gasteiger partial charge in [-0.1, -0.05) is 23.7 Å². The van der Waals surface area contributed by atoms with Crippen molar-refractivity contribution < 1.29 is 14.4 Å². The molecule has 1 aliphatic heterocycles. The van der Waals surface area contributed by atoms with E-state index < -0.39 is 18.3 Å². The molecule has 1 N–H and O–H groups in total. The molecule has 0 aromatic heterocycles. The maximum absolute atomic E-state index is 9.91. The van der Waals surface area contributed by atoms with Crippen LogP contribution in [0.4, 0.5) is 0 Å². The lowest BCUT2D eigenvalue weighted by molar-refractivity contribution is 0.00578. The molecular weight excluding hydrogens is 238 g/mol. The third kappa shape index (κ3) is 2.05. The molecule has 1 aliphatic rings. The zero-order valence-electron chi connectivity index (χ0n) is 10.5. The SMILES string of the molecule is CC1(C)OB(c2cccc(Cl)c2O)OC1(C)C. The van der Waals surface area contributed by atoms with Crippen LogP contribution in [0.3, 0.4) is 0 Å². The second-order valence-corrected chi connectivity index (χ2v) is 5.67. The van der Waals surface area contributed by atoms with Crippen molar-refractivity contribution in [3.63, 3.8) is 0 Å². The molecule has 5 heteroatoms. The van der Waals surface area contributed by atoms with Gasteiger partial charge in [-0.25, -0.2) is 0 Å². The third-order valence-corrected chi connectivity index (χ3v) is 3.83. The average Bonchev–Trinajstić information content (AvgIpc) is 2.40. The van der Waals surface area contributed by atoms with Crippen LogP contribution in [0.5, 0.6) is 5.75 Å². The quantitative estimate of drug-likeness (QED) is 0.782. The molecule has 0 bridgehead atoms. The maximum Gasteiger partial charge on any atom is 0.498 e. The lowest BCUT2D eigenvalue weighted by Gasteiger charge is -2.32. The standard InChI is InChI=1S/C12H16BClO3/c1-11(2)12(3,4)17-13(16-11)8-6-5-7-9(14)10(8)15/h5-7,15H,1-4H3. The Hall–Kier alpha value is -0.705. The highest BCUT2D eigenvalue weighted by Gasteiger charge is 2.52. The normalized spacial score (nSPS) is 21.8. The molecule has 1 aromatic rings. The summed E-state index contributed by atoms with van der Waals surface area (Å²) in [4.78, 5) is 0. The molecule has 0 radical (unpaired) electrons. The zero-order valence-corrected chi connectivity index (χ0v) is 11.2. The van der Waals surface area contributed by atoms with Crippen molar-refractivity contribution in [3.05, 3.63) is 23.2 Å². The zero-order chi connectivity index (χ0) is 12.8. The van der Waals surface area contributed by atoms with E-state index in [9.17, 15) is 5.11 Å². The molecule has 3 nitrogen and oxygen atoms in total. The van der Waals surface area contributed by atoms with Gasteiger partial charge in [-0.2, -0.15) is 0 Å². The number of aromatic hydroxyl groups is 1. The minimum atomic E-state index is -0.585. The summed E-state index contributed by atoms with van der Waals surface area (Å²) < 4.78 is 11.7. The van der Waals surface area contributed by atoms with Crippen molar-refractivity contribution in [3.8, 4) is 5.75 Å². The monoisotopic (exact) mass is 254 g/mol. The highest BCUT2D eigenvalue weighted by Crippen LogP contribution is 2.37. The number of phenols is 1. The van der Waals surface area contributed by atoms with Crippen LogP contribution in [-0.2, 0) is 9.31 Å². The first-order valence-electron chi connectivity index (χ1n) is 5.57. The average molecular weight is 255 g/mol. The Balaban J connectivity index is 2.36. The molecule has 0 saturated carbocycles. The molecule has 1 saturated heterocycles. The van der Waals surface area contributed by atoms with E-state index in [0.29, 0.717) is 10.5 Å². The molecule has 1 aromatic carbocycles. The van der Waals surface area contributed by atoms with E-state index in [1.54, 1.807) is 18.2 Å². The summed E-state index contributed by atoms with van der Waals surface area (Å²) >= 11 is 5.87. The van der Waals surface area contributed by atoms with Crippen LogP contribution >= 0.6 is 11.6 Å². The summed E-state index contributed by atoms with van der Waals surface area (Å²) in [6, 6.07) is 5.15. The fourth-order valence-corrected chi connectivity index (χ4v) is 1.87. The number of para-hydroxylation sites is 1. The number of phenolic OH excluding ortho intramolecular Hbond substituents is 1. The minimum absolute atomic E-state index is 0.0210. The van der Waals surface area contributed by atoms with Gasteiger partial charge in [-0.05, 0) is 33.8 Å². The first-order chi connectivity index (χ1) is 7.74. The van der Waals surface area contributed by atoms with Crippen molar-refractivity contribution in [2.75, 3.05) is 0 Å². The van der Waals surface area contributed by atoms with Crippen LogP contribution in [0.25, 0.3) is 0 Å². The van der Waals surface area contributed by atoms with Gasteiger partial charge in [0.25, 0.3) is 0 Å². The molecular formula is C12H16BClO3. The number of rotatable bonds is 1. The van der Waals surface area contributed by atoms with Gasteiger partial charge in [0, 0.05) is 5.46 Å². The Morgan fingerprint density at radius 1 is 1.12 bits per heavy atom. The van der Waals surface area contributed by atoms with Gasteiger partial charge in [-0.3, -0.25) is 0 Å². The molecule has 0 amide bonds. The maximum atomic E-state index is 9.91. The largest absolute Gasteiger partial charge is 0.507 e. The Kier molecular flexibility index (Phi) is 2.93. The lowest BCUT2D eigenvalue weighted by atomic mass is 9.78. The Morgan fingerprint density at radius 3 is 2.18 bits per heavy atom. The van der Waals surface area contributed by atoms with Crippen LogP contribution < -0.4 is 5.46 Å². The Morgan fingerprint density at radius 2 is 1.65 bits per heavy atom. The van der Waals surface area contributed by atoms with Gasteiger partial charge >= 0.3 is 7.12 Å². The van der Waals surface area contributed by atoms with Crippen LogP contribution in [-0.4, -0.2) is 23.4 Å². The fourth-order valence-electron chi connectivity index (χ4n) is 1.69. The van der Waals surface area contributed by atoms with E-state index in [4.69, 9.17) is 20.9 Å². The highest BCUT2D eigenvalue weighted by molar-refractivity contribution is 6.63. The Labute approximate surface area is 107 Å². The molecule has 0 atom stereocenters. The minimum Gasteiger partial charge on any atom is -0.507 e. The van der Waals surface area contributed by atoms with E-state index in [-0.39, 0.29) is 5.75 Å². The molecule has 0 spiro atoms. The summed E-state index contributed by atoms with van der Waals surface area (Å²) in [6.45, 7) is 7.87. The van der Waals surface area contributed by atoms with Gasteiger partial charge in [0.1, 0.15) is 5.75 Å². The molecule has 0 unspecified atom stereocenters. The summed E-state index contributed by atoms with van der Waals surface area (Å²) in [5.41, 5.74) is -0.282. The molecule has 1 heterocycles. The predicted octanol–water partition coefficient (Wildman–Crippen LogP) is 2.34. The molecule has 1 fully saturated rings. The van der Waals surface area contributed by atoms with Gasteiger partial charge < -0.3 is 14.4 Å². The Bertz CT molecular complexity index is 429. The third-order valence-electron chi connectivity index (χ3n) is 3.53. The molecule has 17 heavy (non-hydrogen) atoms. The molecule has 0 aliphatic carbocycles. The van der Waals surface area contributed by atoms with Crippen molar-refractivity contribution >= 4 is 24.2 Å². The van der Waals surface area contributed by atoms with Crippen LogP contribution in [0, 0.1) is 0 Å². The second-order valence-electron chi connectivity index (χ2n) is 5.27. The van der Waals surface area contributed by atoms with Gasteiger partial charge in [0.05, 0.1) is 16.2 Å². The van der Waals surface area contributed by atoms with Gasteiger partial charge in [-0.15, -0.1) is 0 Å². The van der Waals surface area contributed by atoms with Crippen LogP contribution in [0.15, 0.2) is 18.2 Å². The fraction of sp³-hybridized carbons (Fsp3) is 0.500. The van der Waals surface area contributed by atoms with Gasteiger partial charge in [0.2, 0.25) is 0 Å². The first-order valence-corrected chi connectivity index (χ1v) is 5.95. The summed E-state index contributed by atoms with van der Waals surface area (Å²) in [5.74, 6) is 0.0210. The van der Waals surface area contributed by atoms with E-state index in [0.717, 1.165) is 0 Å². The second kappa shape index (κ2) is 3.90. The predicted molar refractivity (Wildman–Crippen MR) is 68.8 cm³/mol. The first kappa shape index (κ1) is 12.7. The van der Waals surface area contributed by atoms with E-state index in [1.165, 1.54) is 0 Å². The summed E-state index contributed by atoms with van der Waals surface area (Å²) in [7, 11) is -0.585. The smallest absolute Gasteiger partial charge is 0.498 e. The van der Waals surface area contributed by atoms with Crippen molar-refractivity contribution in [2.45, 2.75) is 38.9 Å². The number of hydrogen-bond acceptors (Lipinski definition) is 3. The van der Waals surface area contributed by atoms with E-state index in [2.05, 4.69) is 0 Å². The number of benzene rings is 1. The van der Waals surface area contributed by atoms with Crippen LogP contribution in [0.1, 0.15) is 27.7 Å². The topological polar surface area (TPSA) is 38.7 Å². The van der Waals surface area contributed by atoms with E-state index >= 15 is 0 Å². The lowest BCUT2D eigenvalue weighted by Crippen LogP contribution is -2.41.